The van der Waals surface area contributed by atoms with Crippen molar-refractivity contribution in [2.24, 2.45) is 5.92 Å². The van der Waals surface area contributed by atoms with Gasteiger partial charge in [-0.1, -0.05) is 0 Å². The van der Waals surface area contributed by atoms with E-state index in [-0.39, 0.29) is 11.7 Å². The first kappa shape index (κ1) is 14.4. The molecular formula is C16H16FN3O2. The quantitative estimate of drug-likeness (QED) is 0.944. The predicted molar refractivity (Wildman–Crippen MR) is 80.0 cm³/mol. The highest BCUT2D eigenvalue weighted by Gasteiger charge is 2.26. The van der Waals surface area contributed by atoms with E-state index in [9.17, 15) is 9.18 Å². The summed E-state index contributed by atoms with van der Waals surface area (Å²) < 4.78 is 13.0. The van der Waals surface area contributed by atoms with Gasteiger partial charge >= 0.3 is 5.97 Å². The van der Waals surface area contributed by atoms with E-state index < -0.39 is 5.97 Å². The fourth-order valence-electron chi connectivity index (χ4n) is 2.69. The van der Waals surface area contributed by atoms with Gasteiger partial charge in [-0.15, -0.1) is 0 Å². The van der Waals surface area contributed by atoms with Gasteiger partial charge in [0.15, 0.2) is 0 Å². The van der Waals surface area contributed by atoms with Crippen LogP contribution in [0.3, 0.4) is 0 Å². The molecule has 1 atom stereocenters. The molecule has 114 valence electrons. The first-order chi connectivity index (χ1) is 10.6. The smallest absolute Gasteiger partial charge is 0.308 e. The third-order valence-corrected chi connectivity index (χ3v) is 3.89. The number of hydrogen-bond donors (Lipinski definition) is 1. The number of carboxylic acids is 1. The van der Waals surface area contributed by atoms with E-state index in [1.54, 1.807) is 12.1 Å². The maximum absolute atomic E-state index is 13.0. The topological polar surface area (TPSA) is 66.3 Å². The number of nitrogens with zero attached hydrogens (tertiary/aromatic N) is 3. The fourth-order valence-corrected chi connectivity index (χ4v) is 2.69. The van der Waals surface area contributed by atoms with Crippen molar-refractivity contribution >= 4 is 11.8 Å². The SMILES string of the molecule is O=C(O)[C@H]1CCCN(c2cc(-c3ccc(F)cc3)ncn2)C1. The summed E-state index contributed by atoms with van der Waals surface area (Å²) in [5.74, 6) is -0.714. The number of benzene rings is 1. The Morgan fingerprint density at radius 2 is 2.05 bits per heavy atom. The van der Waals surface area contributed by atoms with Crippen molar-refractivity contribution in [3.05, 3.63) is 42.5 Å². The number of halogens is 1. The van der Waals surface area contributed by atoms with Crippen molar-refractivity contribution in [1.29, 1.82) is 0 Å². The standard InChI is InChI=1S/C16H16FN3O2/c17-13-5-3-11(4-6-13)14-8-15(19-10-18-14)20-7-1-2-12(9-20)16(21)22/h3-6,8,10,12H,1-2,7,9H2,(H,21,22)/t12-/m0/s1. The molecule has 1 aliphatic rings. The predicted octanol–water partition coefficient (Wildman–Crippen LogP) is 2.58. The molecule has 0 amide bonds. The summed E-state index contributed by atoms with van der Waals surface area (Å²) in [6, 6.07) is 7.92. The number of aliphatic carboxylic acids is 1. The van der Waals surface area contributed by atoms with Crippen LogP contribution in [-0.4, -0.2) is 34.1 Å². The second-order valence-electron chi connectivity index (χ2n) is 5.39. The van der Waals surface area contributed by atoms with E-state index in [1.807, 2.05) is 11.0 Å². The van der Waals surface area contributed by atoms with Crippen molar-refractivity contribution in [2.45, 2.75) is 12.8 Å². The van der Waals surface area contributed by atoms with Crippen LogP contribution in [-0.2, 0) is 4.79 Å². The molecule has 1 aromatic heterocycles. The summed E-state index contributed by atoms with van der Waals surface area (Å²) in [6.07, 6.45) is 2.98. The molecule has 1 fully saturated rings. The van der Waals surface area contributed by atoms with Gasteiger partial charge in [-0.05, 0) is 37.1 Å². The molecule has 0 aliphatic carbocycles. The maximum Gasteiger partial charge on any atom is 0.308 e. The maximum atomic E-state index is 13.0. The van der Waals surface area contributed by atoms with Gasteiger partial charge in [-0.2, -0.15) is 0 Å². The van der Waals surface area contributed by atoms with Crippen LogP contribution < -0.4 is 4.90 Å². The van der Waals surface area contributed by atoms with E-state index in [0.29, 0.717) is 24.5 Å². The Hall–Kier alpha value is -2.50. The largest absolute Gasteiger partial charge is 0.481 e. The summed E-state index contributed by atoms with van der Waals surface area (Å²) in [6.45, 7) is 1.23. The van der Waals surface area contributed by atoms with Crippen LogP contribution in [0.25, 0.3) is 11.3 Å². The summed E-state index contributed by atoms with van der Waals surface area (Å²) >= 11 is 0. The highest BCUT2D eigenvalue weighted by molar-refractivity contribution is 5.71. The Morgan fingerprint density at radius 3 is 2.77 bits per heavy atom. The number of carboxylic acid groups (broad SMARTS) is 1. The molecule has 1 aromatic carbocycles. The number of anilines is 1. The van der Waals surface area contributed by atoms with Crippen molar-refractivity contribution in [3.63, 3.8) is 0 Å². The van der Waals surface area contributed by atoms with Crippen LogP contribution in [0.1, 0.15) is 12.8 Å². The Kier molecular flexibility index (Phi) is 4.00. The Balaban J connectivity index is 1.84. The van der Waals surface area contributed by atoms with Gasteiger partial charge < -0.3 is 10.0 Å². The Bertz CT molecular complexity index is 675. The van der Waals surface area contributed by atoms with Crippen LogP contribution >= 0.6 is 0 Å². The lowest BCUT2D eigenvalue weighted by atomic mass is 9.98. The zero-order chi connectivity index (χ0) is 15.5. The minimum atomic E-state index is -0.766. The van der Waals surface area contributed by atoms with Crippen molar-refractivity contribution < 1.29 is 14.3 Å². The molecule has 22 heavy (non-hydrogen) atoms. The molecule has 0 spiro atoms. The van der Waals surface area contributed by atoms with Gasteiger partial charge in [0.1, 0.15) is 18.0 Å². The molecule has 0 unspecified atom stereocenters. The molecule has 0 bridgehead atoms. The average Bonchev–Trinajstić information content (AvgIpc) is 2.56. The Labute approximate surface area is 127 Å². The third kappa shape index (κ3) is 3.05. The van der Waals surface area contributed by atoms with Crippen LogP contribution in [0.2, 0.25) is 0 Å². The molecule has 1 saturated heterocycles. The molecular weight excluding hydrogens is 285 g/mol. The Morgan fingerprint density at radius 1 is 1.27 bits per heavy atom. The average molecular weight is 301 g/mol. The van der Waals surface area contributed by atoms with Gasteiger partial charge in [-0.25, -0.2) is 14.4 Å². The van der Waals surface area contributed by atoms with Gasteiger partial charge in [0.25, 0.3) is 0 Å². The first-order valence-corrected chi connectivity index (χ1v) is 7.19. The number of hydrogen-bond acceptors (Lipinski definition) is 4. The first-order valence-electron chi connectivity index (χ1n) is 7.19. The van der Waals surface area contributed by atoms with Gasteiger partial charge in [0.05, 0.1) is 11.6 Å². The summed E-state index contributed by atoms with van der Waals surface area (Å²) in [5.41, 5.74) is 1.50. The highest BCUT2D eigenvalue weighted by atomic mass is 19.1. The molecule has 1 N–H and O–H groups in total. The number of piperidine rings is 1. The van der Waals surface area contributed by atoms with Crippen LogP contribution in [0.15, 0.2) is 36.7 Å². The molecule has 0 radical (unpaired) electrons. The minimum absolute atomic E-state index is 0.293. The molecule has 0 saturated carbocycles. The minimum Gasteiger partial charge on any atom is -0.481 e. The molecule has 6 heteroatoms. The summed E-state index contributed by atoms with van der Waals surface area (Å²) in [7, 11) is 0. The number of carbonyl (C=O) groups is 1. The van der Waals surface area contributed by atoms with Crippen molar-refractivity contribution in [1.82, 2.24) is 9.97 Å². The van der Waals surface area contributed by atoms with Crippen molar-refractivity contribution in [3.8, 4) is 11.3 Å². The van der Waals surface area contributed by atoms with Crippen molar-refractivity contribution in [2.75, 3.05) is 18.0 Å². The van der Waals surface area contributed by atoms with E-state index in [0.717, 1.165) is 18.5 Å². The fraction of sp³-hybridized carbons (Fsp3) is 0.312. The van der Waals surface area contributed by atoms with E-state index in [1.165, 1.54) is 18.5 Å². The lowest BCUT2D eigenvalue weighted by Gasteiger charge is -2.31. The highest BCUT2D eigenvalue weighted by Crippen LogP contribution is 2.25. The molecule has 2 heterocycles. The van der Waals surface area contributed by atoms with E-state index >= 15 is 0 Å². The second-order valence-corrected chi connectivity index (χ2v) is 5.39. The lowest BCUT2D eigenvalue weighted by molar-refractivity contribution is -0.141. The number of rotatable bonds is 3. The van der Waals surface area contributed by atoms with Crippen LogP contribution in [0, 0.1) is 11.7 Å². The van der Waals surface area contributed by atoms with Crippen LogP contribution in [0.5, 0.6) is 0 Å². The lowest BCUT2D eigenvalue weighted by Crippen LogP contribution is -2.39. The van der Waals surface area contributed by atoms with Gasteiger partial charge in [0, 0.05) is 24.7 Å². The van der Waals surface area contributed by atoms with Crippen LogP contribution in [0.4, 0.5) is 10.2 Å². The van der Waals surface area contributed by atoms with Gasteiger partial charge in [-0.3, -0.25) is 4.79 Å². The monoisotopic (exact) mass is 301 g/mol. The van der Waals surface area contributed by atoms with E-state index in [4.69, 9.17) is 5.11 Å². The van der Waals surface area contributed by atoms with E-state index in [2.05, 4.69) is 9.97 Å². The molecule has 5 nitrogen and oxygen atoms in total. The molecule has 2 aromatic rings. The molecule has 3 rings (SSSR count). The summed E-state index contributed by atoms with van der Waals surface area (Å²) in [4.78, 5) is 21.6. The zero-order valence-corrected chi connectivity index (χ0v) is 11.9. The normalized spacial score (nSPS) is 18.2. The zero-order valence-electron chi connectivity index (χ0n) is 11.9. The second kappa shape index (κ2) is 6.09. The third-order valence-electron chi connectivity index (χ3n) is 3.89. The molecule has 1 aliphatic heterocycles. The summed E-state index contributed by atoms with van der Waals surface area (Å²) in [5, 5.41) is 9.17. The van der Waals surface area contributed by atoms with Gasteiger partial charge in [0.2, 0.25) is 0 Å². The number of aromatic nitrogens is 2.